The van der Waals surface area contributed by atoms with E-state index in [1.807, 2.05) is 28.9 Å². The lowest BCUT2D eigenvalue weighted by molar-refractivity contribution is -0.144. The first kappa shape index (κ1) is 13.1. The zero-order chi connectivity index (χ0) is 13.9. The van der Waals surface area contributed by atoms with E-state index in [-0.39, 0.29) is 18.0 Å². The second-order valence-corrected chi connectivity index (χ2v) is 5.39. The number of esters is 1. The number of para-hydroxylation sites is 1. The summed E-state index contributed by atoms with van der Waals surface area (Å²) in [5.74, 6) is 0.0163. The molecule has 5 heteroatoms. The normalized spacial score (nSPS) is 22.4. The number of aromatic nitrogens is 3. The molecule has 5 nitrogen and oxygen atoms in total. The van der Waals surface area contributed by atoms with E-state index >= 15 is 0 Å². The van der Waals surface area contributed by atoms with Gasteiger partial charge in [-0.1, -0.05) is 37.1 Å². The van der Waals surface area contributed by atoms with Crippen molar-refractivity contribution in [2.24, 2.45) is 5.92 Å². The van der Waals surface area contributed by atoms with Gasteiger partial charge in [-0.15, -0.1) is 5.10 Å². The van der Waals surface area contributed by atoms with Crippen molar-refractivity contribution in [1.82, 2.24) is 15.0 Å². The van der Waals surface area contributed by atoms with Crippen LogP contribution < -0.4 is 0 Å². The Morgan fingerprint density at radius 2 is 2.25 bits per heavy atom. The summed E-state index contributed by atoms with van der Waals surface area (Å²) in [6, 6.07) is 7.83. The number of fused-ring (bicyclic) bond motifs is 1. The first-order valence-corrected chi connectivity index (χ1v) is 7.26. The van der Waals surface area contributed by atoms with Crippen molar-refractivity contribution in [1.29, 1.82) is 0 Å². The maximum absolute atomic E-state index is 11.8. The van der Waals surface area contributed by atoms with Gasteiger partial charge in [-0.05, 0) is 25.0 Å². The largest absolute Gasteiger partial charge is 0.460 e. The number of carbonyl (C=O) groups excluding carboxylic acids is 1. The zero-order valence-electron chi connectivity index (χ0n) is 11.7. The minimum Gasteiger partial charge on any atom is -0.460 e. The Kier molecular flexibility index (Phi) is 3.67. The SMILES string of the molecule is CCCC[C@@H]1C[C@@H](Cn2nnc3ccccc32)OC1=O. The van der Waals surface area contributed by atoms with Crippen LogP contribution in [0.4, 0.5) is 0 Å². The van der Waals surface area contributed by atoms with Crippen molar-refractivity contribution >= 4 is 17.0 Å². The van der Waals surface area contributed by atoms with Crippen molar-refractivity contribution in [3.05, 3.63) is 24.3 Å². The molecule has 20 heavy (non-hydrogen) atoms. The Labute approximate surface area is 117 Å². The quantitative estimate of drug-likeness (QED) is 0.786. The summed E-state index contributed by atoms with van der Waals surface area (Å²) in [5, 5.41) is 8.27. The third-order valence-electron chi connectivity index (χ3n) is 3.87. The van der Waals surface area contributed by atoms with Gasteiger partial charge in [-0.25, -0.2) is 4.68 Å². The monoisotopic (exact) mass is 273 g/mol. The fraction of sp³-hybridized carbons (Fsp3) is 0.533. The summed E-state index contributed by atoms with van der Waals surface area (Å²) in [7, 11) is 0. The van der Waals surface area contributed by atoms with E-state index in [9.17, 15) is 4.79 Å². The van der Waals surface area contributed by atoms with E-state index in [0.717, 1.165) is 36.7 Å². The number of rotatable bonds is 5. The molecule has 0 spiro atoms. The van der Waals surface area contributed by atoms with Crippen molar-refractivity contribution in [3.8, 4) is 0 Å². The summed E-state index contributed by atoms with van der Waals surface area (Å²) in [6.07, 6.45) is 3.85. The van der Waals surface area contributed by atoms with Crippen LogP contribution in [-0.2, 0) is 16.1 Å². The molecule has 0 unspecified atom stereocenters. The molecule has 106 valence electrons. The van der Waals surface area contributed by atoms with Gasteiger partial charge in [-0.2, -0.15) is 0 Å². The molecule has 0 amide bonds. The highest BCUT2D eigenvalue weighted by atomic mass is 16.6. The fourth-order valence-corrected chi connectivity index (χ4v) is 2.77. The van der Waals surface area contributed by atoms with Crippen LogP contribution in [0.2, 0.25) is 0 Å². The average Bonchev–Trinajstić information content (AvgIpc) is 3.01. The van der Waals surface area contributed by atoms with Crippen molar-refractivity contribution in [2.45, 2.75) is 45.3 Å². The molecular weight excluding hydrogens is 254 g/mol. The van der Waals surface area contributed by atoms with Crippen LogP contribution in [0, 0.1) is 5.92 Å². The molecular formula is C15H19N3O2. The lowest BCUT2D eigenvalue weighted by Gasteiger charge is -2.09. The van der Waals surface area contributed by atoms with Gasteiger partial charge in [0.05, 0.1) is 18.0 Å². The summed E-state index contributed by atoms with van der Waals surface area (Å²) < 4.78 is 7.29. The molecule has 1 fully saturated rings. The molecule has 0 saturated carbocycles. The number of unbranched alkanes of at least 4 members (excludes halogenated alkanes) is 1. The molecule has 0 N–H and O–H groups in total. The van der Waals surface area contributed by atoms with Gasteiger partial charge in [0.15, 0.2) is 0 Å². The van der Waals surface area contributed by atoms with Crippen LogP contribution in [0.5, 0.6) is 0 Å². The molecule has 0 radical (unpaired) electrons. The molecule has 1 aliphatic rings. The topological polar surface area (TPSA) is 57.0 Å². The summed E-state index contributed by atoms with van der Waals surface area (Å²) in [6.45, 7) is 2.73. The highest BCUT2D eigenvalue weighted by molar-refractivity contribution is 5.75. The number of benzene rings is 1. The lowest BCUT2D eigenvalue weighted by atomic mass is 9.98. The Hall–Kier alpha value is -1.91. The van der Waals surface area contributed by atoms with E-state index in [1.54, 1.807) is 0 Å². The van der Waals surface area contributed by atoms with Crippen LogP contribution in [0.3, 0.4) is 0 Å². The third-order valence-corrected chi connectivity index (χ3v) is 3.87. The molecule has 0 aliphatic carbocycles. The Morgan fingerprint density at radius 1 is 1.40 bits per heavy atom. The summed E-state index contributed by atoms with van der Waals surface area (Å²) >= 11 is 0. The predicted molar refractivity (Wildman–Crippen MR) is 75.0 cm³/mol. The third kappa shape index (κ3) is 2.53. The van der Waals surface area contributed by atoms with Gasteiger partial charge in [0.2, 0.25) is 0 Å². The first-order valence-electron chi connectivity index (χ1n) is 7.26. The lowest BCUT2D eigenvalue weighted by Crippen LogP contribution is -2.16. The number of hydrogen-bond acceptors (Lipinski definition) is 4. The highest BCUT2D eigenvalue weighted by Gasteiger charge is 2.34. The van der Waals surface area contributed by atoms with E-state index in [4.69, 9.17) is 4.74 Å². The number of ether oxygens (including phenoxy) is 1. The highest BCUT2D eigenvalue weighted by Crippen LogP contribution is 2.27. The standard InChI is InChI=1S/C15H19N3O2/c1-2-3-6-11-9-12(20-15(11)19)10-18-14-8-5-4-7-13(14)16-17-18/h4-5,7-8,11-12H,2-3,6,9-10H2,1H3/t11-,12+/m1/s1. The summed E-state index contributed by atoms with van der Waals surface area (Å²) in [4.78, 5) is 11.8. The second kappa shape index (κ2) is 5.61. The van der Waals surface area contributed by atoms with E-state index in [2.05, 4.69) is 17.2 Å². The van der Waals surface area contributed by atoms with Gasteiger partial charge in [0, 0.05) is 0 Å². The van der Waals surface area contributed by atoms with Crippen LogP contribution >= 0.6 is 0 Å². The number of carbonyl (C=O) groups is 1. The smallest absolute Gasteiger partial charge is 0.309 e. The van der Waals surface area contributed by atoms with Crippen LogP contribution in [-0.4, -0.2) is 27.1 Å². The first-order chi connectivity index (χ1) is 9.78. The van der Waals surface area contributed by atoms with Gasteiger partial charge in [0.1, 0.15) is 11.6 Å². The van der Waals surface area contributed by atoms with Gasteiger partial charge in [-0.3, -0.25) is 4.79 Å². The van der Waals surface area contributed by atoms with Gasteiger partial charge >= 0.3 is 5.97 Å². The predicted octanol–water partition coefficient (Wildman–Crippen LogP) is 2.55. The van der Waals surface area contributed by atoms with E-state index in [1.165, 1.54) is 0 Å². The average molecular weight is 273 g/mol. The maximum atomic E-state index is 11.8. The molecule has 3 rings (SSSR count). The summed E-state index contributed by atoms with van der Waals surface area (Å²) in [5.41, 5.74) is 1.86. The second-order valence-electron chi connectivity index (χ2n) is 5.39. The molecule has 1 saturated heterocycles. The molecule has 2 heterocycles. The molecule has 2 atom stereocenters. The fourth-order valence-electron chi connectivity index (χ4n) is 2.77. The minimum atomic E-state index is -0.0746. The zero-order valence-corrected chi connectivity index (χ0v) is 11.7. The van der Waals surface area contributed by atoms with Gasteiger partial charge in [0.25, 0.3) is 0 Å². The Morgan fingerprint density at radius 3 is 3.10 bits per heavy atom. The Bertz CT molecular complexity index is 608. The molecule has 2 aromatic rings. The van der Waals surface area contributed by atoms with Crippen molar-refractivity contribution in [3.63, 3.8) is 0 Å². The minimum absolute atomic E-state index is 0.0483. The number of hydrogen-bond donors (Lipinski definition) is 0. The van der Waals surface area contributed by atoms with E-state index in [0.29, 0.717) is 6.54 Å². The maximum Gasteiger partial charge on any atom is 0.309 e. The molecule has 1 aromatic heterocycles. The molecule has 0 bridgehead atoms. The Balaban J connectivity index is 1.68. The van der Waals surface area contributed by atoms with E-state index < -0.39 is 0 Å². The van der Waals surface area contributed by atoms with Gasteiger partial charge < -0.3 is 4.74 Å². The van der Waals surface area contributed by atoms with Crippen molar-refractivity contribution in [2.75, 3.05) is 0 Å². The van der Waals surface area contributed by atoms with Crippen molar-refractivity contribution < 1.29 is 9.53 Å². The van der Waals surface area contributed by atoms with Crippen LogP contribution in [0.1, 0.15) is 32.6 Å². The van der Waals surface area contributed by atoms with Crippen LogP contribution in [0.15, 0.2) is 24.3 Å². The number of cyclic esters (lactones) is 1. The molecule has 1 aromatic carbocycles. The number of nitrogens with zero attached hydrogens (tertiary/aromatic N) is 3. The van der Waals surface area contributed by atoms with Crippen LogP contribution in [0.25, 0.3) is 11.0 Å². The molecule has 1 aliphatic heterocycles.